The first-order valence-corrected chi connectivity index (χ1v) is 6.50. The Morgan fingerprint density at radius 1 is 1.50 bits per heavy atom. The number of nitrogen functional groups attached to an aromatic ring is 1. The average molecular weight is 251 g/mol. The predicted molar refractivity (Wildman–Crippen MR) is 71.7 cm³/mol. The number of hydrogen-bond donors (Lipinski definition) is 3. The molecule has 4 N–H and O–H groups in total. The Balaban J connectivity index is 1.91. The maximum atomic E-state index is 9.47. The molecule has 0 amide bonds. The Hall–Kier alpha value is -1.49. The Morgan fingerprint density at radius 3 is 3.00 bits per heavy atom. The van der Waals surface area contributed by atoms with Gasteiger partial charge in [-0.05, 0) is 44.2 Å². The summed E-state index contributed by atoms with van der Waals surface area (Å²) in [6.45, 7) is 3.29. The first-order chi connectivity index (χ1) is 8.69. The molecule has 0 saturated heterocycles. The van der Waals surface area contributed by atoms with Crippen LogP contribution < -0.4 is 15.8 Å². The first-order valence-electron chi connectivity index (χ1n) is 6.50. The molecule has 1 heterocycles. The number of nitrogens with zero attached hydrogens (tertiary/aromatic N) is 1. The van der Waals surface area contributed by atoms with Crippen LogP contribution in [0.3, 0.4) is 0 Å². The fourth-order valence-corrected chi connectivity index (χ4v) is 2.28. The number of aliphatic hydroxyl groups is 1. The van der Waals surface area contributed by atoms with E-state index in [1.54, 1.807) is 6.07 Å². The number of hydrogen-bond acceptors (Lipinski definition) is 5. The van der Waals surface area contributed by atoms with Gasteiger partial charge in [0.25, 0.3) is 0 Å². The third kappa shape index (κ3) is 3.26. The summed E-state index contributed by atoms with van der Waals surface area (Å²) in [5, 5.41) is 12.7. The number of nitrogens with one attached hydrogen (secondary N) is 1. The Kier molecular flexibility index (Phi) is 4.25. The molecule has 1 aliphatic rings. The molecule has 0 aromatic carbocycles. The van der Waals surface area contributed by atoms with Crippen molar-refractivity contribution < 1.29 is 9.84 Å². The lowest BCUT2D eigenvalue weighted by molar-refractivity contribution is 0.178. The maximum Gasteiger partial charge on any atom is 0.239 e. The predicted octanol–water partition coefficient (Wildman–Crippen LogP) is 1.64. The van der Waals surface area contributed by atoms with Crippen LogP contribution >= 0.6 is 0 Å². The second-order valence-corrected chi connectivity index (χ2v) is 4.74. The summed E-state index contributed by atoms with van der Waals surface area (Å²) in [4.78, 5) is 4.32. The average Bonchev–Trinajstić information content (AvgIpc) is 2.76. The smallest absolute Gasteiger partial charge is 0.239 e. The van der Waals surface area contributed by atoms with E-state index in [0.717, 1.165) is 31.6 Å². The summed E-state index contributed by atoms with van der Waals surface area (Å²) in [6.07, 6.45) is 2.73. The summed E-state index contributed by atoms with van der Waals surface area (Å²) >= 11 is 0. The maximum absolute atomic E-state index is 9.47. The molecule has 1 saturated carbocycles. The summed E-state index contributed by atoms with van der Waals surface area (Å²) in [5.74, 6) is 1.78. The summed E-state index contributed by atoms with van der Waals surface area (Å²) in [6, 6.07) is 3.65. The number of nitrogens with two attached hydrogens (primary N) is 1. The number of aliphatic hydroxyl groups excluding tert-OH is 1. The van der Waals surface area contributed by atoms with Gasteiger partial charge >= 0.3 is 0 Å². The molecule has 1 aromatic rings. The van der Waals surface area contributed by atoms with Crippen LogP contribution in [-0.4, -0.2) is 29.3 Å². The van der Waals surface area contributed by atoms with Gasteiger partial charge in [0.15, 0.2) is 0 Å². The van der Waals surface area contributed by atoms with E-state index < -0.39 is 0 Å². The highest BCUT2D eigenvalue weighted by molar-refractivity contribution is 5.53. The Bertz CT molecular complexity index is 398. The minimum Gasteiger partial charge on any atom is -0.476 e. The monoisotopic (exact) mass is 251 g/mol. The van der Waals surface area contributed by atoms with E-state index in [9.17, 15) is 5.11 Å². The van der Waals surface area contributed by atoms with Crippen molar-refractivity contribution in [3.63, 3.8) is 0 Å². The molecule has 18 heavy (non-hydrogen) atoms. The molecule has 0 spiro atoms. The minimum atomic E-state index is -0.129. The van der Waals surface area contributed by atoms with E-state index in [4.69, 9.17) is 10.5 Å². The van der Waals surface area contributed by atoms with Gasteiger partial charge in [-0.3, -0.25) is 0 Å². The van der Waals surface area contributed by atoms with Crippen molar-refractivity contribution in [3.05, 3.63) is 12.1 Å². The van der Waals surface area contributed by atoms with E-state index in [1.165, 1.54) is 0 Å². The van der Waals surface area contributed by atoms with Crippen LogP contribution in [0.4, 0.5) is 11.5 Å². The minimum absolute atomic E-state index is 0.129. The quantitative estimate of drug-likeness (QED) is 0.741. The largest absolute Gasteiger partial charge is 0.476 e. The van der Waals surface area contributed by atoms with Crippen LogP contribution in [0.2, 0.25) is 0 Å². The van der Waals surface area contributed by atoms with Crippen molar-refractivity contribution in [2.75, 3.05) is 24.2 Å². The van der Waals surface area contributed by atoms with E-state index in [0.29, 0.717) is 24.1 Å². The van der Waals surface area contributed by atoms with Gasteiger partial charge in [0, 0.05) is 6.54 Å². The van der Waals surface area contributed by atoms with Crippen LogP contribution in [0.5, 0.6) is 5.88 Å². The van der Waals surface area contributed by atoms with Crippen molar-refractivity contribution in [2.24, 2.45) is 5.92 Å². The van der Waals surface area contributed by atoms with Crippen molar-refractivity contribution in [1.29, 1.82) is 0 Å². The second kappa shape index (κ2) is 5.91. The van der Waals surface area contributed by atoms with Crippen LogP contribution in [0.1, 0.15) is 26.2 Å². The molecular weight excluding hydrogens is 230 g/mol. The highest BCUT2D eigenvalue weighted by atomic mass is 16.5. The standard InChI is InChI=1S/C13H21N3O2/c1-2-18-13-11(14)5-6-12(16-13)15-8-9-3-4-10(17)7-9/h5-6,9-10,17H,2-4,7-8,14H2,1H3,(H,15,16). The van der Waals surface area contributed by atoms with Crippen LogP contribution in [0, 0.1) is 5.92 Å². The van der Waals surface area contributed by atoms with Crippen molar-refractivity contribution >= 4 is 11.5 Å². The van der Waals surface area contributed by atoms with Gasteiger partial charge in [0.05, 0.1) is 18.4 Å². The topological polar surface area (TPSA) is 80.4 Å². The number of pyridine rings is 1. The molecule has 0 radical (unpaired) electrons. The van der Waals surface area contributed by atoms with Gasteiger partial charge < -0.3 is 20.9 Å². The van der Waals surface area contributed by atoms with E-state index in [2.05, 4.69) is 10.3 Å². The Morgan fingerprint density at radius 2 is 2.33 bits per heavy atom. The van der Waals surface area contributed by atoms with E-state index in [-0.39, 0.29) is 6.10 Å². The molecule has 1 fully saturated rings. The van der Waals surface area contributed by atoms with Crippen molar-refractivity contribution in [3.8, 4) is 5.88 Å². The SMILES string of the molecule is CCOc1nc(NCC2CCC(O)C2)ccc1N. The van der Waals surface area contributed by atoms with Crippen LogP contribution in [-0.2, 0) is 0 Å². The third-order valence-electron chi connectivity index (χ3n) is 3.26. The van der Waals surface area contributed by atoms with Crippen molar-refractivity contribution in [2.45, 2.75) is 32.3 Å². The van der Waals surface area contributed by atoms with Gasteiger partial charge in [-0.15, -0.1) is 0 Å². The zero-order valence-electron chi connectivity index (χ0n) is 10.7. The molecule has 5 heteroatoms. The molecule has 0 bridgehead atoms. The molecule has 100 valence electrons. The lowest BCUT2D eigenvalue weighted by atomic mass is 10.1. The van der Waals surface area contributed by atoms with Gasteiger partial charge in [-0.1, -0.05) is 0 Å². The molecular formula is C13H21N3O2. The molecule has 5 nitrogen and oxygen atoms in total. The van der Waals surface area contributed by atoms with E-state index in [1.807, 2.05) is 13.0 Å². The number of aromatic nitrogens is 1. The molecule has 2 unspecified atom stereocenters. The third-order valence-corrected chi connectivity index (χ3v) is 3.26. The molecule has 1 aliphatic carbocycles. The number of rotatable bonds is 5. The second-order valence-electron chi connectivity index (χ2n) is 4.74. The van der Waals surface area contributed by atoms with Crippen LogP contribution in [0.25, 0.3) is 0 Å². The van der Waals surface area contributed by atoms with Crippen LogP contribution in [0.15, 0.2) is 12.1 Å². The molecule has 1 aromatic heterocycles. The first kappa shape index (κ1) is 13.0. The van der Waals surface area contributed by atoms with E-state index >= 15 is 0 Å². The number of ether oxygens (including phenoxy) is 1. The van der Waals surface area contributed by atoms with Gasteiger partial charge in [0.2, 0.25) is 5.88 Å². The summed E-state index contributed by atoms with van der Waals surface area (Å²) in [5.41, 5.74) is 6.32. The lowest BCUT2D eigenvalue weighted by Crippen LogP contribution is -2.13. The zero-order valence-corrected chi connectivity index (χ0v) is 10.7. The fourth-order valence-electron chi connectivity index (χ4n) is 2.28. The highest BCUT2D eigenvalue weighted by Gasteiger charge is 2.22. The summed E-state index contributed by atoms with van der Waals surface area (Å²) in [7, 11) is 0. The fraction of sp³-hybridized carbons (Fsp3) is 0.615. The molecule has 2 rings (SSSR count). The van der Waals surface area contributed by atoms with Gasteiger partial charge in [-0.2, -0.15) is 4.98 Å². The van der Waals surface area contributed by atoms with Gasteiger partial charge in [0.1, 0.15) is 5.82 Å². The van der Waals surface area contributed by atoms with Gasteiger partial charge in [-0.25, -0.2) is 0 Å². The Labute approximate surface area is 107 Å². The normalized spacial score (nSPS) is 23.0. The van der Waals surface area contributed by atoms with Crippen molar-refractivity contribution in [1.82, 2.24) is 4.98 Å². The molecule has 2 atom stereocenters. The highest BCUT2D eigenvalue weighted by Crippen LogP contribution is 2.26. The lowest BCUT2D eigenvalue weighted by Gasteiger charge is -2.13. The zero-order chi connectivity index (χ0) is 13.0. The molecule has 0 aliphatic heterocycles. The summed E-state index contributed by atoms with van der Waals surface area (Å²) < 4.78 is 5.35. The number of anilines is 2.